The van der Waals surface area contributed by atoms with Gasteiger partial charge in [0.05, 0.1) is 17.3 Å². The second-order valence-corrected chi connectivity index (χ2v) is 14.2. The van der Waals surface area contributed by atoms with Crippen LogP contribution in [-0.2, 0) is 15.0 Å². The molecule has 1 atom stereocenters. The number of carbonyl (C=O) groups is 4. The van der Waals surface area contributed by atoms with Crippen molar-refractivity contribution in [2.75, 3.05) is 5.32 Å². The smallest absolute Gasteiger partial charge is 0.262 e. The molecule has 1 unspecified atom stereocenters. The number of imide groups is 2. The summed E-state index contributed by atoms with van der Waals surface area (Å²) in [5, 5.41) is 9.35. The monoisotopic (exact) mass is 730 g/mol. The lowest BCUT2D eigenvalue weighted by atomic mass is 9.78. The van der Waals surface area contributed by atoms with E-state index < -0.39 is 35.5 Å². The average molecular weight is 731 g/mol. The summed E-state index contributed by atoms with van der Waals surface area (Å²) < 4.78 is 31.7. The minimum absolute atomic E-state index is 0.0117. The molecule has 3 aromatic carbocycles. The predicted molar refractivity (Wildman–Crippen MR) is 191 cm³/mol. The lowest BCUT2D eigenvalue weighted by Crippen LogP contribution is -2.54. The van der Waals surface area contributed by atoms with Crippen LogP contribution >= 0.6 is 0 Å². The minimum atomic E-state index is -0.999. The van der Waals surface area contributed by atoms with Gasteiger partial charge in [0, 0.05) is 49.4 Å². The van der Waals surface area contributed by atoms with Crippen molar-refractivity contribution < 1.29 is 37.6 Å². The van der Waals surface area contributed by atoms with E-state index >= 15 is 0 Å². The minimum Gasteiger partial charge on any atom is -0.490 e. The molecular formula is C40H35FN6O7. The fourth-order valence-corrected chi connectivity index (χ4v) is 7.00. The van der Waals surface area contributed by atoms with Gasteiger partial charge in [-0.15, -0.1) is 0 Å². The number of fused-ring (bicyclic) bond motifs is 1. The number of ether oxygens (including phenoxy) is 2. The van der Waals surface area contributed by atoms with Crippen molar-refractivity contribution in [2.24, 2.45) is 0 Å². The molecule has 5 aromatic rings. The Morgan fingerprint density at radius 3 is 2.22 bits per heavy atom. The van der Waals surface area contributed by atoms with E-state index in [-0.39, 0.29) is 58.8 Å². The first-order chi connectivity index (χ1) is 25.9. The van der Waals surface area contributed by atoms with Gasteiger partial charge in [0.15, 0.2) is 5.82 Å². The molecule has 13 nitrogen and oxygen atoms in total. The Balaban J connectivity index is 0.835. The highest BCUT2D eigenvalue weighted by Gasteiger charge is 2.45. The Morgan fingerprint density at radius 1 is 0.889 bits per heavy atom. The maximum Gasteiger partial charge on any atom is 0.262 e. The number of carbonyl (C=O) groups excluding carboxylic acids is 4. The summed E-state index contributed by atoms with van der Waals surface area (Å²) in [6.07, 6.45) is 3.10. The highest BCUT2D eigenvalue weighted by Crippen LogP contribution is 2.36. The number of hydrogen-bond acceptors (Lipinski definition) is 11. The summed E-state index contributed by atoms with van der Waals surface area (Å²) in [6, 6.07) is 21.0. The van der Waals surface area contributed by atoms with Crippen LogP contribution in [0.4, 0.5) is 10.1 Å². The Morgan fingerprint density at radius 2 is 1.57 bits per heavy atom. The number of halogens is 1. The number of anilines is 1. The summed E-state index contributed by atoms with van der Waals surface area (Å²) >= 11 is 0. The average Bonchev–Trinajstić information content (AvgIpc) is 3.67. The molecule has 2 fully saturated rings. The number of pyridine rings is 1. The molecule has 0 bridgehead atoms. The summed E-state index contributed by atoms with van der Waals surface area (Å²) in [7, 11) is 0. The van der Waals surface area contributed by atoms with Gasteiger partial charge >= 0.3 is 0 Å². The van der Waals surface area contributed by atoms with Crippen LogP contribution in [0.3, 0.4) is 0 Å². The molecule has 0 spiro atoms. The lowest BCUT2D eigenvalue weighted by molar-refractivity contribution is -0.136. The van der Waals surface area contributed by atoms with Gasteiger partial charge in [0.1, 0.15) is 35.1 Å². The van der Waals surface area contributed by atoms with Gasteiger partial charge < -0.3 is 19.3 Å². The summed E-state index contributed by atoms with van der Waals surface area (Å²) in [5.74, 6) is -0.803. The third kappa shape index (κ3) is 6.55. The molecule has 2 N–H and O–H groups in total. The molecule has 0 radical (unpaired) electrons. The van der Waals surface area contributed by atoms with Crippen LogP contribution in [-0.4, -0.2) is 61.8 Å². The van der Waals surface area contributed by atoms with Crippen molar-refractivity contribution in [3.8, 4) is 28.8 Å². The van der Waals surface area contributed by atoms with E-state index in [0.29, 0.717) is 17.3 Å². The van der Waals surface area contributed by atoms with Gasteiger partial charge in [0.25, 0.3) is 11.8 Å². The molecule has 8 rings (SSSR count). The molecule has 2 aliphatic heterocycles. The molecular weight excluding hydrogens is 695 g/mol. The normalized spacial score (nSPS) is 19.6. The number of nitrogens with one attached hydrogen (secondary N) is 2. The molecule has 274 valence electrons. The topological polar surface area (TPSA) is 166 Å². The van der Waals surface area contributed by atoms with Crippen molar-refractivity contribution in [3.63, 3.8) is 0 Å². The summed E-state index contributed by atoms with van der Waals surface area (Å²) in [6.45, 7) is 5.88. The van der Waals surface area contributed by atoms with Gasteiger partial charge in [-0.05, 0) is 60.0 Å². The van der Waals surface area contributed by atoms with Crippen molar-refractivity contribution in [1.82, 2.24) is 25.3 Å². The van der Waals surface area contributed by atoms with Crippen LogP contribution < -0.4 is 20.1 Å². The fraction of sp³-hybridized carbons (Fsp3) is 0.275. The molecule has 1 saturated heterocycles. The van der Waals surface area contributed by atoms with Gasteiger partial charge in [0.2, 0.25) is 23.5 Å². The maximum atomic E-state index is 14.7. The quantitative estimate of drug-likeness (QED) is 0.159. The highest BCUT2D eigenvalue weighted by atomic mass is 19.1. The zero-order valence-corrected chi connectivity index (χ0v) is 29.6. The lowest BCUT2D eigenvalue weighted by Gasteiger charge is -2.36. The number of nitrogens with zero attached hydrogens (tertiary/aromatic N) is 4. The van der Waals surface area contributed by atoms with E-state index in [1.807, 2.05) is 36.4 Å². The number of hydrogen-bond donors (Lipinski definition) is 2. The number of aromatic nitrogens is 3. The zero-order chi connectivity index (χ0) is 37.7. The van der Waals surface area contributed by atoms with Crippen LogP contribution in [0.2, 0.25) is 0 Å². The van der Waals surface area contributed by atoms with Crippen molar-refractivity contribution in [3.05, 3.63) is 113 Å². The van der Waals surface area contributed by atoms with Crippen molar-refractivity contribution >= 4 is 29.3 Å². The second-order valence-electron chi connectivity index (χ2n) is 14.2. The van der Waals surface area contributed by atoms with Gasteiger partial charge in [-0.25, -0.2) is 9.37 Å². The van der Waals surface area contributed by atoms with Crippen LogP contribution in [0.1, 0.15) is 77.3 Å². The molecule has 2 aromatic heterocycles. The largest absolute Gasteiger partial charge is 0.490 e. The summed E-state index contributed by atoms with van der Waals surface area (Å²) in [4.78, 5) is 59.2. The summed E-state index contributed by atoms with van der Waals surface area (Å²) in [5.41, 5.74) is 2.99. The molecule has 3 aliphatic rings. The number of aryl methyl sites for hydroxylation is 1. The molecule has 54 heavy (non-hydrogen) atoms. The molecule has 1 aliphatic carbocycles. The number of rotatable bonds is 10. The number of benzene rings is 3. The van der Waals surface area contributed by atoms with E-state index in [1.54, 1.807) is 25.1 Å². The van der Waals surface area contributed by atoms with Crippen LogP contribution in [0.5, 0.6) is 17.2 Å². The number of amides is 4. The van der Waals surface area contributed by atoms with E-state index in [9.17, 15) is 23.6 Å². The van der Waals surface area contributed by atoms with E-state index in [4.69, 9.17) is 14.0 Å². The van der Waals surface area contributed by atoms with Crippen molar-refractivity contribution in [2.45, 2.75) is 70.1 Å². The van der Waals surface area contributed by atoms with E-state index in [1.165, 1.54) is 12.3 Å². The number of piperidine rings is 1. The van der Waals surface area contributed by atoms with E-state index in [2.05, 4.69) is 51.7 Å². The Kier molecular flexibility index (Phi) is 8.67. The maximum absolute atomic E-state index is 14.7. The molecule has 4 amide bonds. The Bertz CT molecular complexity index is 2300. The first-order valence-electron chi connectivity index (χ1n) is 17.6. The Labute approximate surface area is 308 Å². The van der Waals surface area contributed by atoms with E-state index in [0.717, 1.165) is 34.6 Å². The third-order valence-corrected chi connectivity index (χ3v) is 10.2. The van der Waals surface area contributed by atoms with Gasteiger partial charge in [-0.2, -0.15) is 4.98 Å². The van der Waals surface area contributed by atoms with Crippen LogP contribution in [0.25, 0.3) is 11.5 Å². The molecule has 1 saturated carbocycles. The first-order valence-corrected chi connectivity index (χ1v) is 17.6. The zero-order valence-electron chi connectivity index (χ0n) is 29.6. The standard InChI is InChI=1S/C40H35FN6O7/c1-21-43-36(46-54-21)35-32(41)19-29(20-42-35)53-27-11-6-23(7-12-27)40(2,3)22-4-9-26(10-5-22)52-28-16-25(17-28)44-24-8-13-30-31(18-24)39(51)47(38(30)50)33-14-15-34(48)45-37(33)49/h4-13,18-20,25,28,33,44H,14-17H2,1-3H3,(H,45,48,49)/t25-,28-,33?. The molecule has 4 heterocycles. The van der Waals surface area contributed by atoms with Gasteiger partial charge in [-0.3, -0.25) is 29.4 Å². The molecule has 14 heteroatoms. The fourth-order valence-electron chi connectivity index (χ4n) is 7.00. The second kappa shape index (κ2) is 13.5. The van der Waals surface area contributed by atoms with Gasteiger partial charge in [-0.1, -0.05) is 43.3 Å². The third-order valence-electron chi connectivity index (χ3n) is 10.2. The van der Waals surface area contributed by atoms with Crippen LogP contribution in [0.15, 0.2) is 83.5 Å². The van der Waals surface area contributed by atoms with Crippen molar-refractivity contribution in [1.29, 1.82) is 0 Å². The Hall–Kier alpha value is -6.44. The van der Waals surface area contributed by atoms with Crippen LogP contribution in [0, 0.1) is 12.7 Å². The highest BCUT2D eigenvalue weighted by molar-refractivity contribution is 6.23. The SMILES string of the molecule is Cc1nc(-c2ncc(Oc3ccc(C(C)(C)c4ccc(O[C@H]5C[C@H](Nc6ccc7c(c6)C(=O)N(C6CCC(=O)NC6=O)C7=O)C5)cc4)cc3)cc2F)no1. The first kappa shape index (κ1) is 34.6. The predicted octanol–water partition coefficient (Wildman–Crippen LogP) is 6.12.